The molecule has 6 aromatic carbocycles. The average Bonchev–Trinajstić information content (AvgIpc) is 0.786. The van der Waals surface area contributed by atoms with E-state index in [4.69, 9.17) is 48.9 Å². The van der Waals surface area contributed by atoms with Crippen molar-refractivity contribution >= 4 is 11.8 Å². The van der Waals surface area contributed by atoms with Crippen molar-refractivity contribution in [3.05, 3.63) is 153 Å². The molecule has 2 heterocycles. The molecular weight excluding hydrogens is 1190 g/mol. The number of nitrogens with one attached hydrogen (secondary N) is 2. The third-order valence-electron chi connectivity index (χ3n) is 15.5. The quantitative estimate of drug-likeness (QED) is 0.0327. The Hall–Kier alpha value is -8.60. The first-order valence-corrected chi connectivity index (χ1v) is 30.8. The number of nitrogens with zero attached hydrogens (tertiary/aromatic N) is 6. The van der Waals surface area contributed by atoms with E-state index >= 15 is 0 Å². The van der Waals surface area contributed by atoms with Crippen molar-refractivity contribution in [1.29, 1.82) is 0 Å². The van der Waals surface area contributed by atoms with Crippen LogP contribution in [-0.4, -0.2) is 97.2 Å². The highest BCUT2D eigenvalue weighted by Crippen LogP contribution is 2.38. The monoisotopic (exact) mass is 1300 g/mol. The summed E-state index contributed by atoms with van der Waals surface area (Å²) in [5, 5.41) is 28.1. The summed E-state index contributed by atoms with van der Waals surface area (Å²) in [6.07, 6.45) is 0.549. The molecule has 3 unspecified atom stereocenters. The van der Waals surface area contributed by atoms with Crippen LogP contribution < -0.4 is 20.1 Å². The first kappa shape index (κ1) is 84.4. The summed E-state index contributed by atoms with van der Waals surface area (Å²) in [4.78, 5) is 55.6. The van der Waals surface area contributed by atoms with Crippen LogP contribution in [0.1, 0.15) is 162 Å². The van der Waals surface area contributed by atoms with Gasteiger partial charge in [-0.25, -0.2) is 29.9 Å². The summed E-state index contributed by atoms with van der Waals surface area (Å²) < 4.78 is 23.0. The van der Waals surface area contributed by atoms with Crippen molar-refractivity contribution in [3.63, 3.8) is 0 Å². The number of aryl methyl sites for hydroxylation is 8. The molecule has 2 aromatic heterocycles. The van der Waals surface area contributed by atoms with E-state index in [0.717, 1.165) is 105 Å². The Morgan fingerprint density at radius 3 is 1.24 bits per heavy atom. The summed E-state index contributed by atoms with van der Waals surface area (Å²) in [6, 6.07) is 30.1. The van der Waals surface area contributed by atoms with Crippen molar-refractivity contribution in [2.24, 2.45) is 17.8 Å². The van der Waals surface area contributed by atoms with Gasteiger partial charge in [0.15, 0.2) is 47.2 Å². The molecule has 0 aliphatic rings. The minimum absolute atomic E-state index is 0. The molecule has 16 nitrogen and oxygen atoms in total. The molecule has 8 rings (SSSR count). The molecule has 95 heavy (non-hydrogen) atoms. The van der Waals surface area contributed by atoms with Gasteiger partial charge in [0.1, 0.15) is 23.0 Å². The molecule has 0 aliphatic heterocycles. The molecule has 0 bridgehead atoms. The fraction of sp³-hybridized carbons (Fsp3) is 0.443. The summed E-state index contributed by atoms with van der Waals surface area (Å²) in [5.74, 6) is 3.71. The van der Waals surface area contributed by atoms with Crippen LogP contribution >= 0.6 is 0 Å². The lowest BCUT2D eigenvalue weighted by Crippen LogP contribution is -2.46. The highest BCUT2D eigenvalue weighted by atomic mass is 16.5. The lowest BCUT2D eigenvalue weighted by Gasteiger charge is -2.19. The molecule has 8 aromatic rings. The van der Waals surface area contributed by atoms with E-state index in [1.807, 2.05) is 97.0 Å². The van der Waals surface area contributed by atoms with Gasteiger partial charge in [-0.3, -0.25) is 9.59 Å². The first-order chi connectivity index (χ1) is 42.3. The van der Waals surface area contributed by atoms with E-state index < -0.39 is 24.0 Å². The molecule has 2 amide bonds. The smallest absolute Gasteiger partial charge is 0.262 e. The maximum Gasteiger partial charge on any atom is 0.262 e. The second-order valence-electron chi connectivity index (χ2n) is 24.5. The van der Waals surface area contributed by atoms with Gasteiger partial charge >= 0.3 is 0 Å². The van der Waals surface area contributed by atoms with Gasteiger partial charge in [0.2, 0.25) is 0 Å². The lowest BCUT2D eigenvalue weighted by atomic mass is 9.98. The van der Waals surface area contributed by atoms with Crippen LogP contribution in [0.25, 0.3) is 68.3 Å². The highest BCUT2D eigenvalue weighted by Gasteiger charge is 2.24. The molecule has 0 saturated heterocycles. The Labute approximate surface area is 570 Å². The maximum atomic E-state index is 13.2. The van der Waals surface area contributed by atoms with E-state index in [1.54, 1.807) is 39.0 Å². The summed E-state index contributed by atoms with van der Waals surface area (Å²) >= 11 is 0. The molecule has 0 spiro atoms. The molecule has 16 heteroatoms. The zero-order chi connectivity index (χ0) is 64.8. The number of phenols is 2. The van der Waals surface area contributed by atoms with Crippen molar-refractivity contribution < 1.29 is 38.7 Å². The third-order valence-corrected chi connectivity index (χ3v) is 15.5. The number of hydrogen-bond acceptors (Lipinski definition) is 14. The summed E-state index contributed by atoms with van der Waals surface area (Å²) in [5.41, 5.74) is 14.5. The number of benzene rings is 6. The second-order valence-corrected chi connectivity index (χ2v) is 24.5. The van der Waals surface area contributed by atoms with Crippen LogP contribution in [0.5, 0.6) is 23.0 Å². The summed E-state index contributed by atoms with van der Waals surface area (Å²) in [6.45, 7) is 37.3. The number of carbonyl (C=O) groups is 2. The molecule has 3 atom stereocenters. The standard InChI is InChI=1S/C59H60N8O6.C14H30O2.6CH4/c1-30-13-18-43(34(5)23-30)52-62-53(44-19-14-31(2)24-35(44)6)66-57(65-52)48-26-37(8)51(28-50(48)69)73-41(12)59(71)61-29-60-58(70)40(11)72-42-17-22-47(49(68)27-42)56-64-54(45-20-15-32(3)25-36(45)7)63-55(67-56)46-21-16-33(4)38(9)39(46)10;1-12(2)6-7-14(5)11-16-9-8-15-10-13(3)4;;;;;;/h13-28,40-41,68-69H,29H2,1-12H3,(H,60,70)(H,61,71);12-14H,6-11H2,1-5H3;6*1H4. The number of carbonyl (C=O) groups excluding carboxylic acids is 2. The van der Waals surface area contributed by atoms with Crippen molar-refractivity contribution in [1.82, 2.24) is 40.5 Å². The van der Waals surface area contributed by atoms with Gasteiger partial charge in [0, 0.05) is 47.6 Å². The molecule has 0 radical (unpaired) electrons. The van der Waals surface area contributed by atoms with Crippen LogP contribution in [0.2, 0.25) is 0 Å². The Bertz CT molecular complexity index is 3720. The lowest BCUT2D eigenvalue weighted by molar-refractivity contribution is -0.129. The topological polar surface area (TPSA) is 213 Å². The second kappa shape index (κ2) is 38.7. The molecule has 0 aliphatic carbocycles. The van der Waals surface area contributed by atoms with E-state index in [9.17, 15) is 19.8 Å². The van der Waals surface area contributed by atoms with Crippen LogP contribution in [0.15, 0.2) is 97.1 Å². The number of hydrogen-bond donors (Lipinski definition) is 4. The van der Waals surface area contributed by atoms with Gasteiger partial charge in [0.05, 0.1) is 31.0 Å². The van der Waals surface area contributed by atoms with Crippen LogP contribution in [0.3, 0.4) is 0 Å². The minimum Gasteiger partial charge on any atom is -0.507 e. The van der Waals surface area contributed by atoms with Crippen molar-refractivity contribution in [2.75, 3.05) is 33.1 Å². The van der Waals surface area contributed by atoms with Crippen LogP contribution in [0, 0.1) is 87.0 Å². The van der Waals surface area contributed by atoms with Crippen molar-refractivity contribution in [2.45, 2.75) is 187 Å². The molecule has 0 saturated carbocycles. The predicted octanol–water partition coefficient (Wildman–Crippen LogP) is 18.5. The van der Waals surface area contributed by atoms with E-state index in [0.29, 0.717) is 51.8 Å². The minimum atomic E-state index is -1.01. The molecule has 0 fully saturated rings. The number of aromatic hydroxyl groups is 2. The number of ether oxygens (including phenoxy) is 4. The average molecular weight is 1300 g/mol. The molecule has 4 N–H and O–H groups in total. The molecule has 518 valence electrons. The Kier molecular flexibility index (Phi) is 34.4. The Morgan fingerprint density at radius 1 is 0.400 bits per heavy atom. The molecular formula is C79H114N8O8. The zero-order valence-corrected chi connectivity index (χ0v) is 55.1. The number of amides is 2. The van der Waals surface area contributed by atoms with E-state index in [1.165, 1.54) is 25.0 Å². The van der Waals surface area contributed by atoms with Crippen molar-refractivity contribution in [3.8, 4) is 91.3 Å². The maximum absolute atomic E-state index is 13.2. The Balaban J connectivity index is 0.00000182. The van der Waals surface area contributed by atoms with Gasteiger partial charge < -0.3 is 39.8 Å². The third kappa shape index (κ3) is 23.1. The van der Waals surface area contributed by atoms with Gasteiger partial charge in [-0.1, -0.05) is 169 Å². The van der Waals surface area contributed by atoms with Gasteiger partial charge in [-0.05, 0) is 164 Å². The Morgan fingerprint density at radius 2 is 0.800 bits per heavy atom. The number of rotatable bonds is 24. The predicted molar refractivity (Wildman–Crippen MR) is 394 cm³/mol. The van der Waals surface area contributed by atoms with E-state index in [-0.39, 0.29) is 85.9 Å². The van der Waals surface area contributed by atoms with Gasteiger partial charge in [0.25, 0.3) is 11.8 Å². The van der Waals surface area contributed by atoms with Crippen LogP contribution in [-0.2, 0) is 19.1 Å². The summed E-state index contributed by atoms with van der Waals surface area (Å²) in [7, 11) is 0. The largest absolute Gasteiger partial charge is 0.507 e. The number of phenolic OH excluding ortho intramolecular Hbond substituents is 2. The zero-order valence-electron chi connectivity index (χ0n) is 55.1. The van der Waals surface area contributed by atoms with Crippen LogP contribution in [0.4, 0.5) is 0 Å². The van der Waals surface area contributed by atoms with E-state index in [2.05, 4.69) is 77.3 Å². The van der Waals surface area contributed by atoms with Gasteiger partial charge in [-0.2, -0.15) is 0 Å². The van der Waals surface area contributed by atoms with Gasteiger partial charge in [-0.15, -0.1) is 0 Å². The first-order valence-electron chi connectivity index (χ1n) is 30.8. The fourth-order valence-electron chi connectivity index (χ4n) is 10.1. The number of aromatic nitrogens is 6. The normalized spacial score (nSPS) is 11.5. The highest BCUT2D eigenvalue weighted by molar-refractivity contribution is 5.84. The fourth-order valence-corrected chi connectivity index (χ4v) is 10.1. The SMILES string of the molecule is C.C.C.C.C.C.CC(C)CCC(C)COCCOCC(C)C.Cc1ccc(-c2nc(-c3ccc(C)cc3C)nc(-c3cc(C)c(OC(C)C(=O)NCNC(=O)C(C)Oc4ccc(-c5nc(-c6ccc(C)cc6C)nc(-c6ccc(C)c(C)c6C)n5)c(O)c4)cc3O)n2)c(C)c1.